The minimum atomic E-state index is -1.35. The van der Waals surface area contributed by atoms with Crippen LogP contribution in [-0.2, 0) is 25.8 Å². The molecule has 7 rings (SSSR count). The second-order valence-electron chi connectivity index (χ2n) is 12.5. The van der Waals surface area contributed by atoms with E-state index in [-0.39, 0.29) is 35.0 Å². The zero-order valence-corrected chi connectivity index (χ0v) is 30.9. The average molecular weight is 803 g/mol. The number of thiocarbonyl (C=S) groups is 1. The van der Waals surface area contributed by atoms with Crippen LogP contribution >= 0.6 is 47.1 Å². The van der Waals surface area contributed by atoms with E-state index in [0.717, 1.165) is 25.1 Å². The number of rotatable bonds is 11. The third kappa shape index (κ3) is 7.42. The first-order chi connectivity index (χ1) is 25.4. The maximum Gasteiger partial charge on any atom is 0.352 e. The van der Waals surface area contributed by atoms with Crippen molar-refractivity contribution in [3.05, 3.63) is 62.3 Å². The summed E-state index contributed by atoms with van der Waals surface area (Å²) in [7, 11) is 0. The number of carboxylic acid groups (broad SMARTS) is 2. The number of aromatic carboxylic acids is 1. The number of anilines is 2. The van der Waals surface area contributed by atoms with Crippen molar-refractivity contribution in [1.29, 1.82) is 0 Å². The van der Waals surface area contributed by atoms with Gasteiger partial charge in [0.1, 0.15) is 39.0 Å². The van der Waals surface area contributed by atoms with Gasteiger partial charge in [-0.3, -0.25) is 19.3 Å². The molecule has 0 bridgehead atoms. The number of β-lactam (4-membered cyclic amide) rings is 1. The summed E-state index contributed by atoms with van der Waals surface area (Å²) in [6.45, 7) is 1.75. The fraction of sp³-hybridized carbons (Fsp3) is 0.375. The van der Waals surface area contributed by atoms with Crippen LogP contribution in [0.1, 0.15) is 34.9 Å². The number of oxime groups is 1. The summed E-state index contributed by atoms with van der Waals surface area (Å²) in [6, 6.07) is 1.86. The second kappa shape index (κ2) is 15.0. The number of amides is 2. The highest BCUT2D eigenvalue weighted by molar-refractivity contribution is 8.23. The Morgan fingerprint density at radius 1 is 1.17 bits per heavy atom. The highest BCUT2D eigenvalue weighted by Crippen LogP contribution is 2.42. The van der Waals surface area contributed by atoms with Gasteiger partial charge in [0.15, 0.2) is 11.7 Å². The zero-order chi connectivity index (χ0) is 37.6. The highest BCUT2D eigenvalue weighted by atomic mass is 32.2. The van der Waals surface area contributed by atoms with Crippen LogP contribution in [0.2, 0.25) is 0 Å². The smallest absolute Gasteiger partial charge is 0.352 e. The van der Waals surface area contributed by atoms with Crippen molar-refractivity contribution in [2.45, 2.75) is 36.9 Å². The van der Waals surface area contributed by atoms with E-state index in [0.29, 0.717) is 63.9 Å². The van der Waals surface area contributed by atoms with Gasteiger partial charge in [0.2, 0.25) is 5.43 Å². The summed E-state index contributed by atoms with van der Waals surface area (Å²) in [4.78, 5) is 76.4. The van der Waals surface area contributed by atoms with E-state index in [2.05, 4.69) is 15.5 Å². The number of nitrogen functional groups attached to an aromatic ring is 1. The number of halogens is 1. The van der Waals surface area contributed by atoms with Gasteiger partial charge in [0.25, 0.3) is 11.8 Å². The molecule has 4 aliphatic rings. The van der Waals surface area contributed by atoms with Gasteiger partial charge in [-0.15, -0.1) is 23.1 Å². The number of nitrogens with one attached hydrogen (secondary N) is 1. The SMILES string of the molecule is Nc1nc(CO/N=C\C(=O)N[C@@H]2C(=O)N3C(C(=O)O)=C(CSC(=S)N4CCN(c5cc6c(cc5F)c(=O)c(C(=O)O)cn6C5CC5)CC4)CS[C@H]23)cs1. The third-order valence-electron chi connectivity index (χ3n) is 9.09. The number of piperazine rings is 1. The molecule has 0 unspecified atom stereocenters. The van der Waals surface area contributed by atoms with Crippen molar-refractivity contribution in [2.75, 3.05) is 48.3 Å². The Balaban J connectivity index is 0.942. The summed E-state index contributed by atoms with van der Waals surface area (Å²) in [5.74, 6) is -3.93. The number of thioether (sulfide) groups is 2. The normalized spacial score (nSPS) is 20.1. The van der Waals surface area contributed by atoms with Gasteiger partial charge in [-0.2, -0.15) is 0 Å². The number of hydrogen-bond acceptors (Lipinski definition) is 14. The molecule has 2 aromatic heterocycles. The first kappa shape index (κ1) is 36.6. The Morgan fingerprint density at radius 3 is 2.58 bits per heavy atom. The molecule has 2 saturated heterocycles. The summed E-state index contributed by atoms with van der Waals surface area (Å²) in [5.41, 5.74) is 6.20. The predicted molar refractivity (Wildman–Crippen MR) is 202 cm³/mol. The van der Waals surface area contributed by atoms with Crippen molar-refractivity contribution in [3.8, 4) is 0 Å². The number of thiazole rings is 1. The number of aromatic nitrogens is 2. The number of benzene rings is 1. The van der Waals surface area contributed by atoms with Crippen LogP contribution in [0.25, 0.3) is 10.9 Å². The van der Waals surface area contributed by atoms with Crippen LogP contribution in [0.4, 0.5) is 15.2 Å². The fourth-order valence-electron chi connectivity index (χ4n) is 6.34. The number of nitrogens with zero attached hydrogens (tertiary/aromatic N) is 6. The van der Waals surface area contributed by atoms with Gasteiger partial charge >= 0.3 is 11.9 Å². The maximum absolute atomic E-state index is 15.4. The predicted octanol–water partition coefficient (Wildman–Crippen LogP) is 2.29. The Bertz CT molecular complexity index is 2160. The molecule has 16 nitrogen and oxygen atoms in total. The van der Waals surface area contributed by atoms with Crippen LogP contribution in [-0.4, -0.2) is 113 Å². The summed E-state index contributed by atoms with van der Waals surface area (Å²) >= 11 is 9.54. The van der Waals surface area contributed by atoms with E-state index in [1.807, 2.05) is 9.80 Å². The van der Waals surface area contributed by atoms with Crippen LogP contribution in [0.15, 0.2) is 44.9 Å². The lowest BCUT2D eigenvalue weighted by Gasteiger charge is -2.49. The van der Waals surface area contributed by atoms with Crippen molar-refractivity contribution < 1.29 is 38.6 Å². The average Bonchev–Trinajstić information content (AvgIpc) is 3.90. The highest BCUT2D eigenvalue weighted by Gasteiger charge is 2.54. The molecule has 3 fully saturated rings. The Hall–Kier alpha value is -4.73. The molecule has 5 heterocycles. The molecule has 1 saturated carbocycles. The fourth-order valence-corrected chi connectivity index (χ4v) is 9.62. The molecule has 1 aliphatic carbocycles. The van der Waals surface area contributed by atoms with Gasteiger partial charge in [-0.1, -0.05) is 29.1 Å². The molecule has 53 heavy (non-hydrogen) atoms. The molecule has 0 spiro atoms. The number of fused-ring (bicyclic) bond motifs is 2. The Morgan fingerprint density at radius 2 is 1.92 bits per heavy atom. The number of carbonyl (C=O) groups excluding carboxylic acids is 2. The van der Waals surface area contributed by atoms with Crippen molar-refractivity contribution >= 4 is 103 Å². The number of carbonyl (C=O) groups is 4. The minimum Gasteiger partial charge on any atom is -0.477 e. The number of nitrogens with two attached hydrogens (primary N) is 1. The van der Waals surface area contributed by atoms with Gasteiger partial charge in [0.05, 0.1) is 16.9 Å². The Labute approximate surface area is 317 Å². The van der Waals surface area contributed by atoms with Crippen LogP contribution in [0.3, 0.4) is 0 Å². The standard InChI is InChI=1S/C32H31FN8O8S4/c33-20-7-18-21(40(17-1-2-17)10-19(26(18)43)29(45)46)8-22(20)38-3-5-39(6-4-38)32(50)53-13-15-12-51-28-24(27(44)41(28)25(15)30(47)48)37-23(42)9-35-49-11-16-14-52-31(34)36-16/h7-10,14,17,24,28H,1-6,11-13H2,(H2,34,36)(H,37,42)(H,45,46)(H,47,48)/b35-9-/t24-,28-/m1/s1. The molecule has 5 N–H and O–H groups in total. The van der Waals surface area contributed by atoms with E-state index < -0.39 is 46.4 Å². The number of carboxylic acids is 2. The van der Waals surface area contributed by atoms with Crippen LogP contribution in [0.5, 0.6) is 0 Å². The summed E-state index contributed by atoms with van der Waals surface area (Å²) in [6.07, 6.45) is 3.92. The van der Waals surface area contributed by atoms with E-state index in [1.54, 1.807) is 16.0 Å². The molecule has 2 atom stereocenters. The molecule has 0 radical (unpaired) electrons. The van der Waals surface area contributed by atoms with Crippen molar-refractivity contribution in [1.82, 2.24) is 24.7 Å². The zero-order valence-electron chi connectivity index (χ0n) is 27.6. The minimum absolute atomic E-state index is 0.00925. The van der Waals surface area contributed by atoms with E-state index in [9.17, 15) is 34.2 Å². The molecule has 1 aromatic carbocycles. The quantitative estimate of drug-likeness (QED) is 0.0948. The lowest BCUT2D eigenvalue weighted by molar-refractivity contribution is -0.150. The number of hydrogen-bond donors (Lipinski definition) is 4. The maximum atomic E-state index is 15.4. The molecule has 21 heteroatoms. The van der Waals surface area contributed by atoms with Crippen molar-refractivity contribution in [3.63, 3.8) is 0 Å². The monoisotopic (exact) mass is 802 g/mol. The van der Waals surface area contributed by atoms with Crippen LogP contribution < -0.4 is 21.4 Å². The van der Waals surface area contributed by atoms with E-state index in [4.69, 9.17) is 22.8 Å². The van der Waals surface area contributed by atoms with Crippen LogP contribution in [0, 0.1) is 5.82 Å². The molecule has 3 aliphatic heterocycles. The van der Waals surface area contributed by atoms with Gasteiger partial charge in [-0.25, -0.2) is 19.0 Å². The number of pyridine rings is 1. The molecule has 278 valence electrons. The topological polar surface area (TPSA) is 213 Å². The molecule has 3 aromatic rings. The lowest BCUT2D eigenvalue weighted by atomic mass is 10.0. The summed E-state index contributed by atoms with van der Waals surface area (Å²) in [5, 5.41) is 27.2. The third-order valence-corrected chi connectivity index (χ3v) is 12.8. The van der Waals surface area contributed by atoms with E-state index in [1.165, 1.54) is 46.0 Å². The van der Waals surface area contributed by atoms with Crippen molar-refractivity contribution in [2.24, 2.45) is 5.16 Å². The van der Waals surface area contributed by atoms with Gasteiger partial charge < -0.3 is 40.5 Å². The first-order valence-corrected chi connectivity index (χ1v) is 19.6. The van der Waals surface area contributed by atoms with Gasteiger partial charge in [0, 0.05) is 60.7 Å². The molecule has 2 amide bonds. The first-order valence-electron chi connectivity index (χ1n) is 16.2. The molecular weight excluding hydrogens is 772 g/mol. The number of aliphatic carboxylic acids is 1. The van der Waals surface area contributed by atoms with Gasteiger partial charge in [-0.05, 0) is 30.5 Å². The second-order valence-corrected chi connectivity index (χ2v) is 16.1. The largest absolute Gasteiger partial charge is 0.477 e. The molecular formula is C32H31FN8O8S4. The Kier molecular flexibility index (Phi) is 10.3. The summed E-state index contributed by atoms with van der Waals surface area (Å²) < 4.78 is 17.7. The van der Waals surface area contributed by atoms with E-state index >= 15 is 4.39 Å². The lowest BCUT2D eigenvalue weighted by Crippen LogP contribution is -2.70.